The lowest BCUT2D eigenvalue weighted by molar-refractivity contribution is -0.148. The third kappa shape index (κ3) is 3.69. The van der Waals surface area contributed by atoms with Gasteiger partial charge in [0.25, 0.3) is 0 Å². The largest absolute Gasteiger partial charge is 0.480 e. The van der Waals surface area contributed by atoms with Crippen LogP contribution in [-0.4, -0.2) is 35.0 Å². The van der Waals surface area contributed by atoms with Crippen molar-refractivity contribution in [2.24, 2.45) is 0 Å². The van der Waals surface area contributed by atoms with Gasteiger partial charge in [-0.25, -0.2) is 4.79 Å². The molecule has 0 saturated heterocycles. The van der Waals surface area contributed by atoms with Crippen molar-refractivity contribution in [3.8, 4) is 0 Å². The molecule has 1 rings (SSSR count). The molecule has 4 nitrogen and oxygen atoms in total. The number of carboxylic acid groups (broad SMARTS) is 1. The van der Waals surface area contributed by atoms with Crippen LogP contribution in [0.4, 0.5) is 0 Å². The molecule has 0 aliphatic rings. The van der Waals surface area contributed by atoms with Gasteiger partial charge in [-0.15, -0.1) is 0 Å². The van der Waals surface area contributed by atoms with Gasteiger partial charge in [0.05, 0.1) is 6.42 Å². The number of carbonyl (C=O) groups excluding carboxylic acids is 1. The number of benzene rings is 1. The molecule has 0 aliphatic carbocycles. The molecule has 1 atom stereocenters. The summed E-state index contributed by atoms with van der Waals surface area (Å²) in [6.45, 7) is 1.50. The molecule has 92 valence electrons. The number of carbonyl (C=O) groups is 2. The number of hydrogen-bond donors (Lipinski definition) is 1. The fourth-order valence-corrected chi connectivity index (χ4v) is 1.89. The van der Waals surface area contributed by atoms with Gasteiger partial charge in [0.1, 0.15) is 6.04 Å². The summed E-state index contributed by atoms with van der Waals surface area (Å²) in [5.74, 6) is -1.19. The lowest BCUT2D eigenvalue weighted by Gasteiger charge is -2.21. The van der Waals surface area contributed by atoms with Gasteiger partial charge in [0.15, 0.2) is 0 Å². The summed E-state index contributed by atoms with van der Waals surface area (Å²) in [5, 5.41) is 8.83. The van der Waals surface area contributed by atoms with Crippen molar-refractivity contribution < 1.29 is 14.7 Å². The van der Waals surface area contributed by atoms with E-state index in [-0.39, 0.29) is 12.3 Å². The molecule has 1 unspecified atom stereocenters. The average molecular weight is 347 g/mol. The van der Waals surface area contributed by atoms with Crippen molar-refractivity contribution in [2.45, 2.75) is 19.4 Å². The van der Waals surface area contributed by atoms with E-state index < -0.39 is 12.0 Å². The fraction of sp³-hybridized carbons (Fsp3) is 0.333. The second-order valence-electron chi connectivity index (χ2n) is 3.79. The Bertz CT molecular complexity index is 434. The number of likely N-dealkylation sites (N-methyl/N-ethyl adjacent to an activating group) is 1. The van der Waals surface area contributed by atoms with Gasteiger partial charge in [-0.05, 0) is 41.1 Å². The van der Waals surface area contributed by atoms with Crippen LogP contribution >= 0.6 is 22.6 Å². The first-order valence-corrected chi connectivity index (χ1v) is 6.23. The van der Waals surface area contributed by atoms with E-state index in [1.54, 1.807) is 0 Å². The summed E-state index contributed by atoms with van der Waals surface area (Å²) in [4.78, 5) is 23.9. The number of carboxylic acids is 1. The van der Waals surface area contributed by atoms with Crippen molar-refractivity contribution in [1.82, 2.24) is 4.90 Å². The van der Waals surface area contributed by atoms with Gasteiger partial charge < -0.3 is 10.0 Å². The second kappa shape index (κ2) is 6.00. The summed E-state index contributed by atoms with van der Waals surface area (Å²) in [5.41, 5.74) is 0.919. The summed E-state index contributed by atoms with van der Waals surface area (Å²) in [6.07, 6.45) is 0.229. The molecule has 0 heterocycles. The van der Waals surface area contributed by atoms with Gasteiger partial charge in [-0.3, -0.25) is 4.79 Å². The molecule has 0 aliphatic heterocycles. The first-order chi connectivity index (χ1) is 7.93. The highest BCUT2D eigenvalue weighted by Crippen LogP contribution is 2.13. The Morgan fingerprint density at radius 2 is 2.00 bits per heavy atom. The Kier molecular flexibility index (Phi) is 4.92. The summed E-state index contributed by atoms with van der Waals surface area (Å²) >= 11 is 2.16. The highest BCUT2D eigenvalue weighted by Gasteiger charge is 2.21. The Morgan fingerprint density at radius 1 is 1.41 bits per heavy atom. The zero-order valence-corrected chi connectivity index (χ0v) is 11.8. The van der Waals surface area contributed by atoms with E-state index in [1.807, 2.05) is 24.3 Å². The first kappa shape index (κ1) is 14.0. The van der Waals surface area contributed by atoms with E-state index in [0.29, 0.717) is 0 Å². The van der Waals surface area contributed by atoms with E-state index in [2.05, 4.69) is 22.6 Å². The van der Waals surface area contributed by atoms with Crippen LogP contribution in [-0.2, 0) is 16.0 Å². The van der Waals surface area contributed by atoms with Crippen LogP contribution in [0.5, 0.6) is 0 Å². The SMILES string of the molecule is CC(C(=O)O)N(C)C(=O)Cc1ccccc1I. The van der Waals surface area contributed by atoms with Crippen LogP contribution in [0.2, 0.25) is 0 Å². The number of halogens is 1. The van der Waals surface area contributed by atoms with Gasteiger partial charge in [-0.2, -0.15) is 0 Å². The van der Waals surface area contributed by atoms with Crippen LogP contribution in [0.25, 0.3) is 0 Å². The molecule has 0 saturated carbocycles. The molecule has 0 radical (unpaired) electrons. The average Bonchev–Trinajstić information content (AvgIpc) is 2.30. The third-order valence-electron chi connectivity index (χ3n) is 2.63. The Balaban J connectivity index is 2.73. The molecule has 1 N–H and O–H groups in total. The molecule has 0 spiro atoms. The van der Waals surface area contributed by atoms with E-state index in [1.165, 1.54) is 18.9 Å². The predicted molar refractivity (Wildman–Crippen MR) is 72.7 cm³/mol. The molecule has 5 heteroatoms. The smallest absolute Gasteiger partial charge is 0.326 e. The minimum atomic E-state index is -0.997. The summed E-state index contributed by atoms with van der Waals surface area (Å²) in [7, 11) is 1.51. The van der Waals surface area contributed by atoms with Crippen LogP contribution < -0.4 is 0 Å². The fourth-order valence-electron chi connectivity index (χ4n) is 1.31. The monoisotopic (exact) mass is 347 g/mol. The number of amides is 1. The van der Waals surface area contributed by atoms with E-state index in [4.69, 9.17) is 5.11 Å². The van der Waals surface area contributed by atoms with E-state index >= 15 is 0 Å². The third-order valence-corrected chi connectivity index (χ3v) is 3.68. The van der Waals surface area contributed by atoms with Crippen molar-refractivity contribution in [1.29, 1.82) is 0 Å². The maximum absolute atomic E-state index is 11.9. The zero-order valence-electron chi connectivity index (χ0n) is 9.68. The second-order valence-corrected chi connectivity index (χ2v) is 4.95. The van der Waals surface area contributed by atoms with E-state index in [9.17, 15) is 9.59 Å². The quantitative estimate of drug-likeness (QED) is 0.845. The normalized spacial score (nSPS) is 11.9. The topological polar surface area (TPSA) is 57.6 Å². The molecule has 1 aromatic rings. The first-order valence-electron chi connectivity index (χ1n) is 5.15. The number of hydrogen-bond acceptors (Lipinski definition) is 2. The lowest BCUT2D eigenvalue weighted by atomic mass is 10.1. The highest BCUT2D eigenvalue weighted by atomic mass is 127. The molecule has 17 heavy (non-hydrogen) atoms. The van der Waals surface area contributed by atoms with Crippen LogP contribution in [0.1, 0.15) is 12.5 Å². The number of aliphatic carboxylic acids is 1. The van der Waals surface area contributed by atoms with Crippen LogP contribution in [0, 0.1) is 3.57 Å². The van der Waals surface area contributed by atoms with Crippen LogP contribution in [0.3, 0.4) is 0 Å². The predicted octanol–water partition coefficient (Wildman–Crippen LogP) is 1.77. The molecular weight excluding hydrogens is 333 g/mol. The van der Waals surface area contributed by atoms with Gasteiger partial charge in [0, 0.05) is 10.6 Å². The van der Waals surface area contributed by atoms with Crippen molar-refractivity contribution in [3.05, 3.63) is 33.4 Å². The zero-order chi connectivity index (χ0) is 13.0. The minimum absolute atomic E-state index is 0.191. The molecule has 0 fully saturated rings. The summed E-state index contributed by atoms with van der Waals surface area (Å²) in [6, 6.07) is 6.76. The summed E-state index contributed by atoms with van der Waals surface area (Å²) < 4.78 is 1.01. The Hall–Kier alpha value is -1.11. The minimum Gasteiger partial charge on any atom is -0.480 e. The standard InChI is InChI=1S/C12H14INO3/c1-8(12(16)17)14(2)11(15)7-9-5-3-4-6-10(9)13/h3-6,8H,7H2,1-2H3,(H,16,17). The lowest BCUT2D eigenvalue weighted by Crippen LogP contribution is -2.41. The molecule has 0 bridgehead atoms. The van der Waals surface area contributed by atoms with Gasteiger partial charge >= 0.3 is 5.97 Å². The van der Waals surface area contributed by atoms with Crippen molar-refractivity contribution >= 4 is 34.5 Å². The van der Waals surface area contributed by atoms with Gasteiger partial charge in [0.2, 0.25) is 5.91 Å². The molecule has 0 aromatic heterocycles. The van der Waals surface area contributed by atoms with Crippen molar-refractivity contribution in [2.75, 3.05) is 7.05 Å². The van der Waals surface area contributed by atoms with Gasteiger partial charge in [-0.1, -0.05) is 18.2 Å². The Labute approximate surface area is 114 Å². The maximum atomic E-state index is 11.9. The van der Waals surface area contributed by atoms with Crippen molar-refractivity contribution in [3.63, 3.8) is 0 Å². The molecular formula is C12H14INO3. The number of rotatable bonds is 4. The van der Waals surface area contributed by atoms with Crippen LogP contribution in [0.15, 0.2) is 24.3 Å². The molecule has 1 amide bonds. The molecule has 1 aromatic carbocycles. The number of nitrogens with zero attached hydrogens (tertiary/aromatic N) is 1. The highest BCUT2D eigenvalue weighted by molar-refractivity contribution is 14.1. The van der Waals surface area contributed by atoms with E-state index in [0.717, 1.165) is 9.13 Å². The Morgan fingerprint density at radius 3 is 2.53 bits per heavy atom. The maximum Gasteiger partial charge on any atom is 0.326 e.